The standard InChI is InChI=1S/C20H29N5O.HI/c1-3-21-20(24(2)15-18-10-14-26-16-18)22-12-9-17-5-7-19(8-6-17)25-13-4-11-23-25;/h4-8,11,13,18H,3,9-10,12,14-16H2,1-2H3,(H,21,22);1H. The molecule has 1 atom stereocenters. The highest BCUT2D eigenvalue weighted by Crippen LogP contribution is 2.13. The monoisotopic (exact) mass is 483 g/mol. The fourth-order valence-corrected chi connectivity index (χ4v) is 3.20. The minimum Gasteiger partial charge on any atom is -0.381 e. The molecule has 0 spiro atoms. The fraction of sp³-hybridized carbons (Fsp3) is 0.500. The molecule has 27 heavy (non-hydrogen) atoms. The van der Waals surface area contributed by atoms with Crippen molar-refractivity contribution in [1.82, 2.24) is 20.0 Å². The number of hydrogen-bond acceptors (Lipinski definition) is 3. The summed E-state index contributed by atoms with van der Waals surface area (Å²) in [6.45, 7) is 6.51. The smallest absolute Gasteiger partial charge is 0.193 e. The second kappa shape index (κ2) is 11.3. The highest BCUT2D eigenvalue weighted by atomic mass is 127. The van der Waals surface area contributed by atoms with E-state index >= 15 is 0 Å². The summed E-state index contributed by atoms with van der Waals surface area (Å²) in [6.07, 6.45) is 5.81. The van der Waals surface area contributed by atoms with Gasteiger partial charge in [0.2, 0.25) is 0 Å². The van der Waals surface area contributed by atoms with Crippen LogP contribution in [0, 0.1) is 5.92 Å². The molecule has 1 unspecified atom stereocenters. The molecule has 1 aliphatic heterocycles. The normalized spacial score (nSPS) is 16.8. The van der Waals surface area contributed by atoms with Gasteiger partial charge in [0.15, 0.2) is 5.96 Å². The Labute approximate surface area is 179 Å². The number of ether oxygens (including phenoxy) is 1. The van der Waals surface area contributed by atoms with Crippen molar-refractivity contribution in [3.8, 4) is 5.69 Å². The Morgan fingerprint density at radius 3 is 2.81 bits per heavy atom. The largest absolute Gasteiger partial charge is 0.381 e. The van der Waals surface area contributed by atoms with Crippen LogP contribution in [0.4, 0.5) is 0 Å². The van der Waals surface area contributed by atoms with E-state index in [4.69, 9.17) is 9.73 Å². The summed E-state index contributed by atoms with van der Waals surface area (Å²) in [5, 5.41) is 7.65. The van der Waals surface area contributed by atoms with E-state index in [0.717, 1.165) is 57.3 Å². The lowest BCUT2D eigenvalue weighted by molar-refractivity contribution is 0.181. The van der Waals surface area contributed by atoms with Crippen molar-refractivity contribution in [3.63, 3.8) is 0 Å². The molecular formula is C20H30IN5O. The second-order valence-corrected chi connectivity index (χ2v) is 6.71. The number of halogens is 1. The van der Waals surface area contributed by atoms with E-state index in [0.29, 0.717) is 5.92 Å². The summed E-state index contributed by atoms with van der Waals surface area (Å²) < 4.78 is 7.35. The SMILES string of the molecule is CCNC(=NCCc1ccc(-n2cccn2)cc1)N(C)CC1CCOC1.I. The summed E-state index contributed by atoms with van der Waals surface area (Å²) >= 11 is 0. The summed E-state index contributed by atoms with van der Waals surface area (Å²) in [5.74, 6) is 1.59. The number of benzene rings is 1. The third kappa shape index (κ3) is 6.49. The molecule has 1 aromatic heterocycles. The Kier molecular flexibility index (Phi) is 9.06. The van der Waals surface area contributed by atoms with Crippen molar-refractivity contribution in [2.75, 3.05) is 39.9 Å². The van der Waals surface area contributed by atoms with Gasteiger partial charge < -0.3 is 15.0 Å². The molecule has 1 saturated heterocycles. The highest BCUT2D eigenvalue weighted by Gasteiger charge is 2.18. The molecule has 6 nitrogen and oxygen atoms in total. The van der Waals surface area contributed by atoms with Crippen LogP contribution in [0.25, 0.3) is 5.69 Å². The number of rotatable bonds is 7. The first kappa shape index (κ1) is 21.7. The summed E-state index contributed by atoms with van der Waals surface area (Å²) in [5.41, 5.74) is 2.36. The minimum atomic E-state index is 0. The van der Waals surface area contributed by atoms with Crippen LogP contribution in [-0.2, 0) is 11.2 Å². The first-order valence-corrected chi connectivity index (χ1v) is 9.42. The molecular weight excluding hydrogens is 453 g/mol. The van der Waals surface area contributed by atoms with Gasteiger partial charge in [0.1, 0.15) is 0 Å². The van der Waals surface area contributed by atoms with Crippen molar-refractivity contribution >= 4 is 29.9 Å². The van der Waals surface area contributed by atoms with Gasteiger partial charge >= 0.3 is 0 Å². The predicted octanol–water partition coefficient (Wildman–Crippen LogP) is 2.97. The fourth-order valence-electron chi connectivity index (χ4n) is 3.20. The Balaban J connectivity index is 0.00000261. The van der Waals surface area contributed by atoms with Crippen LogP contribution in [0.1, 0.15) is 18.9 Å². The zero-order valence-corrected chi connectivity index (χ0v) is 18.5. The topological polar surface area (TPSA) is 54.7 Å². The maximum Gasteiger partial charge on any atom is 0.193 e. The number of guanidine groups is 1. The number of aromatic nitrogens is 2. The van der Waals surface area contributed by atoms with Crippen LogP contribution in [0.5, 0.6) is 0 Å². The number of aliphatic imine (C=N–C) groups is 1. The second-order valence-electron chi connectivity index (χ2n) is 6.71. The van der Waals surface area contributed by atoms with Crippen LogP contribution in [0.3, 0.4) is 0 Å². The lowest BCUT2D eigenvalue weighted by Gasteiger charge is -2.24. The highest BCUT2D eigenvalue weighted by molar-refractivity contribution is 14.0. The van der Waals surface area contributed by atoms with E-state index in [2.05, 4.69) is 53.6 Å². The first-order chi connectivity index (χ1) is 12.8. The van der Waals surface area contributed by atoms with Gasteiger partial charge in [-0.15, -0.1) is 24.0 Å². The van der Waals surface area contributed by atoms with Gasteiger partial charge in [-0.2, -0.15) is 5.10 Å². The molecule has 1 N–H and O–H groups in total. The average molecular weight is 483 g/mol. The summed E-state index contributed by atoms with van der Waals surface area (Å²) in [4.78, 5) is 7.02. The maximum atomic E-state index is 5.48. The van der Waals surface area contributed by atoms with E-state index < -0.39 is 0 Å². The van der Waals surface area contributed by atoms with Gasteiger partial charge in [-0.05, 0) is 43.5 Å². The van der Waals surface area contributed by atoms with E-state index in [1.54, 1.807) is 6.20 Å². The number of nitrogens with one attached hydrogen (secondary N) is 1. The van der Waals surface area contributed by atoms with Gasteiger partial charge in [0.05, 0.1) is 12.3 Å². The molecule has 0 aliphatic carbocycles. The molecule has 1 aliphatic rings. The van der Waals surface area contributed by atoms with Gasteiger partial charge in [-0.1, -0.05) is 12.1 Å². The van der Waals surface area contributed by atoms with Crippen molar-refractivity contribution in [3.05, 3.63) is 48.3 Å². The van der Waals surface area contributed by atoms with Crippen molar-refractivity contribution < 1.29 is 4.74 Å². The number of nitrogens with zero attached hydrogens (tertiary/aromatic N) is 4. The third-order valence-electron chi connectivity index (χ3n) is 4.62. The summed E-state index contributed by atoms with van der Waals surface area (Å²) in [7, 11) is 2.11. The lowest BCUT2D eigenvalue weighted by atomic mass is 10.1. The quantitative estimate of drug-likeness (QED) is 0.374. The average Bonchev–Trinajstić information content (AvgIpc) is 3.35. The van der Waals surface area contributed by atoms with Crippen LogP contribution in [-0.4, -0.2) is 60.5 Å². The third-order valence-corrected chi connectivity index (χ3v) is 4.62. The van der Waals surface area contributed by atoms with Gasteiger partial charge in [-0.25, -0.2) is 4.68 Å². The van der Waals surface area contributed by atoms with Crippen LogP contribution in [0.2, 0.25) is 0 Å². The van der Waals surface area contributed by atoms with Gasteiger partial charge in [0.25, 0.3) is 0 Å². The zero-order chi connectivity index (χ0) is 18.2. The first-order valence-electron chi connectivity index (χ1n) is 9.42. The Morgan fingerprint density at radius 1 is 1.37 bits per heavy atom. The van der Waals surface area contributed by atoms with Crippen LogP contribution >= 0.6 is 24.0 Å². The van der Waals surface area contributed by atoms with Gasteiger partial charge in [0, 0.05) is 51.6 Å². The Hall–Kier alpha value is -1.61. The molecule has 0 saturated carbocycles. The predicted molar refractivity (Wildman–Crippen MR) is 120 cm³/mol. The van der Waals surface area contributed by atoms with Crippen molar-refractivity contribution in [2.45, 2.75) is 19.8 Å². The minimum absolute atomic E-state index is 0. The van der Waals surface area contributed by atoms with Crippen LogP contribution < -0.4 is 5.32 Å². The molecule has 0 bridgehead atoms. The van der Waals surface area contributed by atoms with Crippen LogP contribution in [0.15, 0.2) is 47.7 Å². The molecule has 1 aromatic carbocycles. The number of hydrogen-bond donors (Lipinski definition) is 1. The Morgan fingerprint density at radius 2 is 2.19 bits per heavy atom. The zero-order valence-electron chi connectivity index (χ0n) is 16.2. The van der Waals surface area contributed by atoms with E-state index in [1.165, 1.54) is 5.56 Å². The summed E-state index contributed by atoms with van der Waals surface area (Å²) in [6, 6.07) is 10.4. The molecule has 0 radical (unpaired) electrons. The van der Waals surface area contributed by atoms with E-state index in [-0.39, 0.29) is 24.0 Å². The molecule has 3 rings (SSSR count). The lowest BCUT2D eigenvalue weighted by Crippen LogP contribution is -2.41. The van der Waals surface area contributed by atoms with Crippen molar-refractivity contribution in [2.24, 2.45) is 10.9 Å². The molecule has 2 aromatic rings. The van der Waals surface area contributed by atoms with E-state index in [9.17, 15) is 0 Å². The van der Waals surface area contributed by atoms with Gasteiger partial charge in [-0.3, -0.25) is 4.99 Å². The molecule has 1 fully saturated rings. The maximum absolute atomic E-state index is 5.48. The Bertz CT molecular complexity index is 681. The molecule has 7 heteroatoms. The van der Waals surface area contributed by atoms with Crippen molar-refractivity contribution in [1.29, 1.82) is 0 Å². The van der Waals surface area contributed by atoms with E-state index in [1.807, 2.05) is 16.9 Å². The molecule has 0 amide bonds. The molecule has 148 valence electrons. The molecule has 2 heterocycles.